The van der Waals surface area contributed by atoms with E-state index in [-0.39, 0.29) is 5.78 Å². The van der Waals surface area contributed by atoms with Gasteiger partial charge in [-0.1, -0.05) is 0 Å². The second-order valence-corrected chi connectivity index (χ2v) is 3.00. The number of nitrogens with two attached hydrogens (primary N) is 1. The predicted octanol–water partition coefficient (Wildman–Crippen LogP) is 1.22. The SMILES string of the molecule is C/C(N)=C/C(=O)CC1CC1. The van der Waals surface area contributed by atoms with Gasteiger partial charge >= 0.3 is 0 Å². The zero-order valence-corrected chi connectivity index (χ0v) is 6.26. The van der Waals surface area contributed by atoms with E-state index in [1.165, 1.54) is 18.9 Å². The van der Waals surface area contributed by atoms with Crippen LogP contribution in [0.15, 0.2) is 11.8 Å². The Morgan fingerprint density at radius 3 is 2.70 bits per heavy atom. The van der Waals surface area contributed by atoms with Gasteiger partial charge in [0.05, 0.1) is 0 Å². The number of carbonyl (C=O) groups excluding carboxylic acids is 1. The van der Waals surface area contributed by atoms with Gasteiger partial charge in [-0.3, -0.25) is 4.79 Å². The van der Waals surface area contributed by atoms with Crippen molar-refractivity contribution in [1.82, 2.24) is 0 Å². The molecule has 1 rings (SSSR count). The number of rotatable bonds is 3. The number of hydrogen-bond acceptors (Lipinski definition) is 2. The Labute approximate surface area is 61.1 Å². The van der Waals surface area contributed by atoms with E-state index in [0.717, 1.165) is 0 Å². The van der Waals surface area contributed by atoms with Gasteiger partial charge in [-0.2, -0.15) is 0 Å². The number of hydrogen-bond donors (Lipinski definition) is 1. The van der Waals surface area contributed by atoms with Crippen molar-refractivity contribution in [2.24, 2.45) is 11.7 Å². The monoisotopic (exact) mass is 139 g/mol. The largest absolute Gasteiger partial charge is 0.402 e. The van der Waals surface area contributed by atoms with E-state index < -0.39 is 0 Å². The van der Waals surface area contributed by atoms with E-state index in [4.69, 9.17) is 5.73 Å². The molecule has 0 aromatic heterocycles. The molecular formula is C8H13NO. The summed E-state index contributed by atoms with van der Waals surface area (Å²) in [4.78, 5) is 10.9. The lowest BCUT2D eigenvalue weighted by Crippen LogP contribution is -1.99. The van der Waals surface area contributed by atoms with Gasteiger partial charge in [0.1, 0.15) is 0 Å². The van der Waals surface area contributed by atoms with Crippen LogP contribution in [0.1, 0.15) is 26.2 Å². The summed E-state index contributed by atoms with van der Waals surface area (Å²) in [5.74, 6) is 0.852. The van der Waals surface area contributed by atoms with Gasteiger partial charge in [0.15, 0.2) is 5.78 Å². The molecule has 2 N–H and O–H groups in total. The molecule has 0 aromatic rings. The van der Waals surface area contributed by atoms with Crippen LogP contribution in [-0.4, -0.2) is 5.78 Å². The maximum Gasteiger partial charge on any atom is 0.157 e. The Balaban J connectivity index is 2.26. The molecule has 1 aliphatic rings. The van der Waals surface area contributed by atoms with Crippen molar-refractivity contribution in [2.75, 3.05) is 0 Å². The van der Waals surface area contributed by atoms with Gasteiger partial charge in [-0.25, -0.2) is 0 Å². The minimum atomic E-state index is 0.183. The van der Waals surface area contributed by atoms with Gasteiger partial charge in [0.25, 0.3) is 0 Å². The minimum Gasteiger partial charge on any atom is -0.402 e. The molecule has 0 atom stereocenters. The highest BCUT2D eigenvalue weighted by Gasteiger charge is 2.23. The third-order valence-electron chi connectivity index (χ3n) is 1.58. The Kier molecular flexibility index (Phi) is 2.10. The molecule has 0 bridgehead atoms. The lowest BCUT2D eigenvalue weighted by atomic mass is 10.2. The topological polar surface area (TPSA) is 43.1 Å². The van der Waals surface area contributed by atoms with Gasteiger partial charge in [0, 0.05) is 12.1 Å². The molecule has 1 aliphatic carbocycles. The maximum atomic E-state index is 10.9. The molecule has 10 heavy (non-hydrogen) atoms. The van der Waals surface area contributed by atoms with Crippen molar-refractivity contribution in [1.29, 1.82) is 0 Å². The highest BCUT2D eigenvalue weighted by molar-refractivity contribution is 5.90. The third-order valence-corrected chi connectivity index (χ3v) is 1.58. The number of allylic oxidation sites excluding steroid dienone is 2. The van der Waals surface area contributed by atoms with E-state index in [1.54, 1.807) is 6.92 Å². The quantitative estimate of drug-likeness (QED) is 0.597. The molecular weight excluding hydrogens is 126 g/mol. The van der Waals surface area contributed by atoms with Crippen LogP contribution >= 0.6 is 0 Å². The van der Waals surface area contributed by atoms with E-state index in [9.17, 15) is 4.79 Å². The first-order chi connectivity index (χ1) is 4.68. The maximum absolute atomic E-state index is 10.9. The highest BCUT2D eigenvalue weighted by atomic mass is 16.1. The average molecular weight is 139 g/mol. The normalized spacial score (nSPS) is 19.1. The Morgan fingerprint density at radius 1 is 1.70 bits per heavy atom. The fourth-order valence-corrected chi connectivity index (χ4v) is 0.919. The molecule has 0 unspecified atom stereocenters. The summed E-state index contributed by atoms with van der Waals surface area (Å²) in [6.45, 7) is 1.74. The van der Waals surface area contributed by atoms with Crippen molar-refractivity contribution in [3.63, 3.8) is 0 Å². The van der Waals surface area contributed by atoms with Gasteiger partial charge in [-0.15, -0.1) is 0 Å². The first kappa shape index (κ1) is 7.32. The van der Waals surface area contributed by atoms with Crippen molar-refractivity contribution < 1.29 is 4.79 Å². The Morgan fingerprint density at radius 2 is 2.30 bits per heavy atom. The van der Waals surface area contributed by atoms with Crippen molar-refractivity contribution in [3.05, 3.63) is 11.8 Å². The minimum absolute atomic E-state index is 0.183. The highest BCUT2D eigenvalue weighted by Crippen LogP contribution is 2.32. The number of carbonyl (C=O) groups is 1. The zero-order chi connectivity index (χ0) is 7.56. The smallest absolute Gasteiger partial charge is 0.157 e. The molecule has 0 aromatic carbocycles. The molecule has 1 fully saturated rings. The summed E-state index contributed by atoms with van der Waals surface area (Å²) in [6.07, 6.45) is 4.68. The van der Waals surface area contributed by atoms with Gasteiger partial charge in [-0.05, 0) is 31.8 Å². The van der Waals surface area contributed by atoms with Crippen LogP contribution in [-0.2, 0) is 4.79 Å². The summed E-state index contributed by atoms with van der Waals surface area (Å²) in [5.41, 5.74) is 5.95. The molecule has 56 valence electrons. The summed E-state index contributed by atoms with van der Waals surface area (Å²) in [7, 11) is 0. The predicted molar refractivity (Wildman–Crippen MR) is 40.3 cm³/mol. The first-order valence-corrected chi connectivity index (χ1v) is 3.65. The average Bonchev–Trinajstić information content (AvgIpc) is 2.46. The summed E-state index contributed by atoms with van der Waals surface area (Å²) in [5, 5.41) is 0. The standard InChI is InChI=1S/C8H13NO/c1-6(9)4-8(10)5-7-2-3-7/h4,7H,2-3,5,9H2,1H3/b6-4-. The fraction of sp³-hybridized carbons (Fsp3) is 0.625. The molecule has 0 aliphatic heterocycles. The molecule has 0 amide bonds. The van der Waals surface area contributed by atoms with Crippen LogP contribution in [0.25, 0.3) is 0 Å². The molecule has 0 heterocycles. The van der Waals surface area contributed by atoms with Crippen LogP contribution in [0.3, 0.4) is 0 Å². The Bertz CT molecular complexity index is 164. The summed E-state index contributed by atoms with van der Waals surface area (Å²) >= 11 is 0. The van der Waals surface area contributed by atoms with E-state index in [1.807, 2.05) is 0 Å². The fourth-order valence-electron chi connectivity index (χ4n) is 0.919. The molecule has 0 saturated heterocycles. The lowest BCUT2D eigenvalue weighted by molar-refractivity contribution is -0.114. The van der Waals surface area contributed by atoms with Crippen LogP contribution in [0, 0.1) is 5.92 Å². The summed E-state index contributed by atoms with van der Waals surface area (Å²) in [6, 6.07) is 0. The van der Waals surface area contributed by atoms with Gasteiger partial charge in [0.2, 0.25) is 0 Å². The third kappa shape index (κ3) is 2.67. The van der Waals surface area contributed by atoms with Crippen LogP contribution in [0.5, 0.6) is 0 Å². The van der Waals surface area contributed by atoms with Crippen LogP contribution in [0.2, 0.25) is 0 Å². The molecule has 0 radical (unpaired) electrons. The second kappa shape index (κ2) is 2.86. The van der Waals surface area contributed by atoms with E-state index in [0.29, 0.717) is 18.0 Å². The summed E-state index contributed by atoms with van der Waals surface area (Å²) < 4.78 is 0. The Hall–Kier alpha value is -0.790. The van der Waals surface area contributed by atoms with E-state index >= 15 is 0 Å². The van der Waals surface area contributed by atoms with Crippen molar-refractivity contribution in [2.45, 2.75) is 26.2 Å². The van der Waals surface area contributed by atoms with Crippen LogP contribution < -0.4 is 5.73 Å². The zero-order valence-electron chi connectivity index (χ0n) is 6.26. The van der Waals surface area contributed by atoms with E-state index in [2.05, 4.69) is 0 Å². The van der Waals surface area contributed by atoms with Crippen molar-refractivity contribution >= 4 is 5.78 Å². The molecule has 2 nitrogen and oxygen atoms in total. The molecule has 2 heteroatoms. The number of ketones is 1. The molecule has 1 saturated carbocycles. The van der Waals surface area contributed by atoms with Crippen molar-refractivity contribution in [3.8, 4) is 0 Å². The van der Waals surface area contributed by atoms with Crippen LogP contribution in [0.4, 0.5) is 0 Å². The van der Waals surface area contributed by atoms with Gasteiger partial charge < -0.3 is 5.73 Å². The second-order valence-electron chi connectivity index (χ2n) is 3.00. The molecule has 0 spiro atoms. The first-order valence-electron chi connectivity index (χ1n) is 3.65. The lowest BCUT2D eigenvalue weighted by Gasteiger charge is -1.91.